The number of nitrogens with zero attached hydrogens (tertiary/aromatic N) is 3. The van der Waals surface area contributed by atoms with Crippen molar-refractivity contribution in [2.45, 2.75) is 83.7 Å². The normalized spacial score (nSPS) is 26.1. The average Bonchev–Trinajstić information content (AvgIpc) is 3.49. The van der Waals surface area contributed by atoms with Gasteiger partial charge in [-0.2, -0.15) is 0 Å². The maximum absolute atomic E-state index is 13.6. The lowest BCUT2D eigenvalue weighted by molar-refractivity contribution is -0.124. The Balaban J connectivity index is 1.24. The molecule has 9 nitrogen and oxygen atoms in total. The molecule has 1 aliphatic carbocycles. The van der Waals surface area contributed by atoms with Crippen molar-refractivity contribution in [2.75, 3.05) is 32.8 Å². The number of Topliss-reactive ketones (excluding diaryl/α,β-unsaturated/α-hetero) is 1. The molecule has 7 aliphatic rings. The van der Waals surface area contributed by atoms with Gasteiger partial charge >= 0.3 is 0 Å². The Morgan fingerprint density at radius 1 is 1.07 bits per heavy atom. The molecule has 1 saturated carbocycles. The fourth-order valence-corrected chi connectivity index (χ4v) is 7.01. The number of ketones is 1. The fourth-order valence-electron chi connectivity index (χ4n) is 7.01. The first-order valence-electron chi connectivity index (χ1n) is 16.3. The van der Waals surface area contributed by atoms with Gasteiger partial charge in [-0.25, -0.2) is 4.98 Å². The smallest absolute Gasteiger partial charge is 0.258 e. The number of nitrogens with one attached hydrogen (secondary N) is 2. The van der Waals surface area contributed by atoms with Crippen LogP contribution in [0.3, 0.4) is 0 Å². The van der Waals surface area contributed by atoms with Crippen LogP contribution in [0.1, 0.15) is 83.0 Å². The summed E-state index contributed by atoms with van der Waals surface area (Å²) in [6.07, 6.45) is 12.5. The standard InChI is InChI=1S/C34H45N5O4/c1-2-26(40)7-4-3-5-8-29-31-35-23-30(36-31)25-9-10-27-24(21-25)11-15-39(33(27)42)18-20-43-19-6-14-38-16-12-34(13-17-38)22-28(34)32(41)37-29/h9-11,15,21,23,28-29H,2-8,12-14,16-20,22H2,1H3,(H,35,36)(H,37,41)/t28-,29+/m1/s1. The molecule has 230 valence electrons. The predicted octanol–water partition coefficient (Wildman–Crippen LogP) is 5.00. The number of benzene rings is 1. The van der Waals surface area contributed by atoms with Gasteiger partial charge in [0.25, 0.3) is 5.56 Å². The van der Waals surface area contributed by atoms with Crippen LogP contribution < -0.4 is 10.9 Å². The molecule has 2 N–H and O–H groups in total. The van der Waals surface area contributed by atoms with Crippen LogP contribution in [0.25, 0.3) is 22.0 Å². The maximum atomic E-state index is 13.6. The van der Waals surface area contributed by atoms with E-state index in [1.165, 1.54) is 0 Å². The zero-order valence-electron chi connectivity index (χ0n) is 25.4. The summed E-state index contributed by atoms with van der Waals surface area (Å²) in [5.74, 6) is 1.28. The largest absolute Gasteiger partial charge is 0.380 e. The quantitative estimate of drug-likeness (QED) is 0.377. The fraction of sp³-hybridized carbons (Fsp3) is 0.588. The lowest BCUT2D eigenvalue weighted by Crippen LogP contribution is -2.38. The van der Waals surface area contributed by atoms with Gasteiger partial charge in [-0.05, 0) is 80.6 Å². The SMILES string of the molecule is CCC(=O)CCCCC[C@@H]1NC(=O)[C@H]2CC23CCN(CCCOCCn2ccc4cc(ccc4c2=O)-c2cnc1[nH]2)CC3. The number of ether oxygens (including phenoxy) is 1. The zero-order valence-corrected chi connectivity index (χ0v) is 25.4. The van der Waals surface area contributed by atoms with Crippen molar-refractivity contribution in [3.05, 3.63) is 52.8 Å². The third-order valence-corrected chi connectivity index (χ3v) is 9.97. The number of hydrogen-bond donors (Lipinski definition) is 2. The van der Waals surface area contributed by atoms with E-state index in [0.29, 0.717) is 43.8 Å². The highest BCUT2D eigenvalue weighted by atomic mass is 16.5. The van der Waals surface area contributed by atoms with Crippen molar-refractivity contribution in [2.24, 2.45) is 11.3 Å². The van der Waals surface area contributed by atoms with Crippen LogP contribution in [0.5, 0.6) is 0 Å². The van der Waals surface area contributed by atoms with Gasteiger partial charge in [-0.1, -0.05) is 25.8 Å². The Bertz CT molecular complexity index is 1500. The molecular weight excluding hydrogens is 542 g/mol. The molecule has 1 amide bonds. The Labute approximate surface area is 253 Å². The number of carbonyl (C=O) groups excluding carboxylic acids is 2. The van der Waals surface area contributed by atoms with E-state index < -0.39 is 0 Å². The molecule has 9 heteroatoms. The van der Waals surface area contributed by atoms with E-state index in [4.69, 9.17) is 9.72 Å². The van der Waals surface area contributed by atoms with Crippen LogP contribution in [0.2, 0.25) is 0 Å². The van der Waals surface area contributed by atoms with Gasteiger partial charge in [0.1, 0.15) is 11.6 Å². The first kappa shape index (κ1) is 29.8. The highest BCUT2D eigenvalue weighted by Gasteiger charge is 2.58. The number of hydrogen-bond acceptors (Lipinski definition) is 6. The van der Waals surface area contributed by atoms with Gasteiger partial charge in [0.2, 0.25) is 5.91 Å². The molecule has 1 aromatic carbocycles. The van der Waals surface area contributed by atoms with E-state index in [2.05, 4.69) is 15.2 Å². The Kier molecular flexibility index (Phi) is 9.09. The molecule has 8 heterocycles. The van der Waals surface area contributed by atoms with Gasteiger partial charge in [-0.15, -0.1) is 0 Å². The van der Waals surface area contributed by atoms with Crippen LogP contribution in [-0.2, 0) is 20.9 Å². The summed E-state index contributed by atoms with van der Waals surface area (Å²) in [5, 5.41) is 4.93. The van der Waals surface area contributed by atoms with Crippen LogP contribution in [-0.4, -0.2) is 64.0 Å². The first-order chi connectivity index (χ1) is 21.0. The van der Waals surface area contributed by atoms with Gasteiger partial charge in [0.15, 0.2) is 0 Å². The number of amides is 1. The third-order valence-electron chi connectivity index (χ3n) is 9.97. The molecular formula is C34H45N5O4. The van der Waals surface area contributed by atoms with Crippen LogP contribution in [0.15, 0.2) is 41.5 Å². The molecule has 2 fully saturated rings. The highest BCUT2D eigenvalue weighted by Crippen LogP contribution is 2.59. The summed E-state index contributed by atoms with van der Waals surface area (Å²) in [6, 6.07) is 7.62. The molecule has 10 rings (SSSR count). The average molecular weight is 588 g/mol. The van der Waals surface area contributed by atoms with Crippen molar-refractivity contribution in [3.63, 3.8) is 0 Å². The molecule has 6 aliphatic heterocycles. The Morgan fingerprint density at radius 2 is 1.93 bits per heavy atom. The summed E-state index contributed by atoms with van der Waals surface area (Å²) < 4.78 is 7.62. The minimum atomic E-state index is -0.213. The van der Waals surface area contributed by atoms with Gasteiger partial charge in [0.05, 0.1) is 24.5 Å². The summed E-state index contributed by atoms with van der Waals surface area (Å²) in [7, 11) is 0. The molecule has 43 heavy (non-hydrogen) atoms. The van der Waals surface area contributed by atoms with E-state index in [1.807, 2.05) is 43.6 Å². The van der Waals surface area contributed by atoms with E-state index >= 15 is 0 Å². The maximum Gasteiger partial charge on any atom is 0.258 e. The Morgan fingerprint density at radius 3 is 2.77 bits per heavy atom. The third kappa shape index (κ3) is 6.78. The monoisotopic (exact) mass is 587 g/mol. The van der Waals surface area contributed by atoms with E-state index in [1.54, 1.807) is 4.57 Å². The molecule has 0 unspecified atom stereocenters. The van der Waals surface area contributed by atoms with Crippen LogP contribution in [0.4, 0.5) is 0 Å². The van der Waals surface area contributed by atoms with Crippen molar-refractivity contribution in [1.82, 2.24) is 24.8 Å². The Hall–Kier alpha value is -3.30. The minimum Gasteiger partial charge on any atom is -0.380 e. The number of aromatic amines is 1. The number of rotatable bonds is 7. The molecule has 3 aromatic rings. The number of unbranched alkanes of at least 4 members (excludes halogenated alkanes) is 2. The molecule has 2 aromatic heterocycles. The van der Waals surface area contributed by atoms with Gasteiger partial charge in [0, 0.05) is 55.6 Å². The van der Waals surface area contributed by atoms with Crippen molar-refractivity contribution in [1.29, 1.82) is 0 Å². The number of H-pyrrole nitrogens is 1. The van der Waals surface area contributed by atoms with Crippen LogP contribution >= 0.6 is 0 Å². The number of carbonyl (C=O) groups is 2. The topological polar surface area (TPSA) is 109 Å². The van der Waals surface area contributed by atoms with E-state index in [9.17, 15) is 14.4 Å². The number of imidazole rings is 1. The molecule has 2 atom stereocenters. The number of pyridine rings is 1. The van der Waals surface area contributed by atoms with Crippen LogP contribution in [0, 0.1) is 11.3 Å². The van der Waals surface area contributed by atoms with Crippen molar-refractivity contribution >= 4 is 22.5 Å². The lowest BCUT2D eigenvalue weighted by atomic mass is 9.90. The highest BCUT2D eigenvalue weighted by molar-refractivity contribution is 5.86. The zero-order chi connectivity index (χ0) is 29.8. The first-order valence-corrected chi connectivity index (χ1v) is 16.3. The lowest BCUT2D eigenvalue weighted by Gasteiger charge is -2.33. The molecule has 0 radical (unpaired) electrons. The second kappa shape index (κ2) is 13.1. The molecule has 8 bridgehead atoms. The second-order valence-electron chi connectivity index (χ2n) is 12.8. The number of aromatic nitrogens is 3. The van der Waals surface area contributed by atoms with Crippen molar-refractivity contribution < 1.29 is 14.3 Å². The second-order valence-corrected chi connectivity index (χ2v) is 12.8. The number of piperidine rings is 1. The molecule has 1 saturated heterocycles. The predicted molar refractivity (Wildman–Crippen MR) is 167 cm³/mol. The van der Waals surface area contributed by atoms with E-state index in [0.717, 1.165) is 93.5 Å². The summed E-state index contributed by atoms with van der Waals surface area (Å²) in [5.41, 5.74) is 1.93. The summed E-state index contributed by atoms with van der Waals surface area (Å²) in [6.45, 7) is 6.69. The van der Waals surface area contributed by atoms with Crippen molar-refractivity contribution in [3.8, 4) is 11.3 Å². The molecule has 1 spiro atoms. The summed E-state index contributed by atoms with van der Waals surface area (Å²) >= 11 is 0. The van der Waals surface area contributed by atoms with Gasteiger partial charge in [-0.3, -0.25) is 14.4 Å². The minimum absolute atomic E-state index is 0.0134. The summed E-state index contributed by atoms with van der Waals surface area (Å²) in [4.78, 5) is 49.2. The van der Waals surface area contributed by atoms with Gasteiger partial charge < -0.3 is 24.5 Å². The van der Waals surface area contributed by atoms with E-state index in [-0.39, 0.29) is 28.8 Å².